The molecule has 0 radical (unpaired) electrons. The molecule has 1 N–H and O–H groups in total. The summed E-state index contributed by atoms with van der Waals surface area (Å²) in [5, 5.41) is 2.80. The molecule has 3 rings (SSSR count). The molecule has 0 aliphatic carbocycles. The maximum absolute atomic E-state index is 12.6. The fourth-order valence-electron chi connectivity index (χ4n) is 3.23. The second-order valence-corrected chi connectivity index (χ2v) is 8.59. The minimum absolute atomic E-state index is 0.316. The average Bonchev–Trinajstić information content (AvgIpc) is 2.69. The van der Waals surface area contributed by atoms with Gasteiger partial charge >= 0.3 is 0 Å². The molecule has 8 heteroatoms. The molecule has 0 bridgehead atoms. The van der Waals surface area contributed by atoms with Crippen molar-refractivity contribution in [2.45, 2.75) is 25.3 Å². The lowest BCUT2D eigenvalue weighted by atomic mass is 10.0. The summed E-state index contributed by atoms with van der Waals surface area (Å²) in [7, 11) is -1.84. The van der Waals surface area contributed by atoms with Gasteiger partial charge in [0.05, 0.1) is 13.4 Å². The van der Waals surface area contributed by atoms with Crippen LogP contribution in [0.4, 0.5) is 5.69 Å². The number of hydrogen-bond donors (Lipinski definition) is 1. The van der Waals surface area contributed by atoms with Crippen LogP contribution in [-0.2, 0) is 14.8 Å². The van der Waals surface area contributed by atoms with Crippen LogP contribution < -0.4 is 14.8 Å². The van der Waals surface area contributed by atoms with Crippen LogP contribution in [0.1, 0.15) is 19.3 Å². The molecular weight excluding hydrogens is 380 g/mol. The molecular formula is C20H24N2O5S. The number of carbonyl (C=O) groups is 1. The van der Waals surface area contributed by atoms with Gasteiger partial charge in [-0.05, 0) is 49.2 Å². The van der Waals surface area contributed by atoms with Crippen molar-refractivity contribution >= 4 is 21.6 Å². The van der Waals surface area contributed by atoms with Gasteiger partial charge in [-0.25, -0.2) is 8.42 Å². The first-order valence-electron chi connectivity index (χ1n) is 9.07. The summed E-state index contributed by atoms with van der Waals surface area (Å²) in [4.78, 5) is 12.6. The van der Waals surface area contributed by atoms with Gasteiger partial charge in [0.1, 0.15) is 11.8 Å². The predicted molar refractivity (Wildman–Crippen MR) is 107 cm³/mol. The van der Waals surface area contributed by atoms with Crippen molar-refractivity contribution in [3.63, 3.8) is 0 Å². The van der Waals surface area contributed by atoms with E-state index in [0.717, 1.165) is 19.1 Å². The fraction of sp³-hybridized carbons (Fsp3) is 0.350. The van der Waals surface area contributed by atoms with Gasteiger partial charge in [0, 0.05) is 12.2 Å². The quantitative estimate of drug-likeness (QED) is 0.799. The van der Waals surface area contributed by atoms with Crippen molar-refractivity contribution < 1.29 is 22.7 Å². The second-order valence-electron chi connectivity index (χ2n) is 6.65. The molecule has 1 atom stereocenters. The Labute approximate surface area is 165 Å². The van der Waals surface area contributed by atoms with E-state index in [9.17, 15) is 13.2 Å². The topological polar surface area (TPSA) is 84.9 Å². The average molecular weight is 404 g/mol. The summed E-state index contributed by atoms with van der Waals surface area (Å²) >= 11 is 0. The highest BCUT2D eigenvalue weighted by Crippen LogP contribution is 2.31. The Bertz CT molecular complexity index is 928. The summed E-state index contributed by atoms with van der Waals surface area (Å²) in [5.41, 5.74) is 0.580. The van der Waals surface area contributed by atoms with E-state index in [0.29, 0.717) is 35.9 Å². The van der Waals surface area contributed by atoms with Crippen LogP contribution >= 0.6 is 0 Å². The summed E-state index contributed by atoms with van der Waals surface area (Å²) in [6, 6.07) is 13.5. The third-order valence-corrected chi connectivity index (χ3v) is 5.89. The highest BCUT2D eigenvalue weighted by atomic mass is 32.2. The SMILES string of the molecule is COc1ccccc1Oc1ccc(NC(=O)C2CCCCN2S(C)(=O)=O)cc1. The van der Waals surface area contributed by atoms with Gasteiger partial charge < -0.3 is 14.8 Å². The van der Waals surface area contributed by atoms with E-state index in [1.54, 1.807) is 37.4 Å². The molecule has 28 heavy (non-hydrogen) atoms. The number of para-hydroxylation sites is 2. The zero-order valence-corrected chi connectivity index (χ0v) is 16.7. The molecule has 1 unspecified atom stereocenters. The van der Waals surface area contributed by atoms with E-state index in [1.165, 1.54) is 4.31 Å². The smallest absolute Gasteiger partial charge is 0.242 e. The maximum atomic E-state index is 12.6. The Kier molecular flexibility index (Phi) is 6.21. The van der Waals surface area contributed by atoms with Crippen LogP contribution in [0.3, 0.4) is 0 Å². The largest absolute Gasteiger partial charge is 0.493 e. The van der Waals surface area contributed by atoms with E-state index in [-0.39, 0.29) is 5.91 Å². The zero-order valence-electron chi connectivity index (χ0n) is 15.9. The van der Waals surface area contributed by atoms with Crippen molar-refractivity contribution in [3.8, 4) is 17.2 Å². The third-order valence-electron chi connectivity index (χ3n) is 4.60. The van der Waals surface area contributed by atoms with E-state index < -0.39 is 16.1 Å². The Hall–Kier alpha value is -2.58. The van der Waals surface area contributed by atoms with Crippen molar-refractivity contribution in [1.29, 1.82) is 0 Å². The summed E-state index contributed by atoms with van der Waals surface area (Å²) < 4.78 is 36.2. The highest BCUT2D eigenvalue weighted by Gasteiger charge is 2.34. The van der Waals surface area contributed by atoms with Gasteiger partial charge in [0.15, 0.2) is 11.5 Å². The molecule has 0 aromatic heterocycles. The summed E-state index contributed by atoms with van der Waals surface area (Å²) in [6.07, 6.45) is 3.26. The molecule has 0 spiro atoms. The molecule has 7 nitrogen and oxygen atoms in total. The lowest BCUT2D eigenvalue weighted by Gasteiger charge is -2.32. The number of sulfonamides is 1. The van der Waals surface area contributed by atoms with Crippen LogP contribution in [0.2, 0.25) is 0 Å². The number of carbonyl (C=O) groups excluding carboxylic acids is 1. The molecule has 1 fully saturated rings. The molecule has 1 saturated heterocycles. The Morgan fingerprint density at radius 1 is 1.07 bits per heavy atom. The Balaban J connectivity index is 1.67. The molecule has 1 aliphatic heterocycles. The summed E-state index contributed by atoms with van der Waals surface area (Å²) in [6.45, 7) is 0.378. The van der Waals surface area contributed by atoms with Crippen LogP contribution in [0.25, 0.3) is 0 Å². The lowest BCUT2D eigenvalue weighted by molar-refractivity contribution is -0.120. The van der Waals surface area contributed by atoms with Crippen LogP contribution in [0.5, 0.6) is 17.2 Å². The number of rotatable bonds is 6. The molecule has 1 amide bonds. The first-order valence-corrected chi connectivity index (χ1v) is 10.9. The van der Waals surface area contributed by atoms with Gasteiger partial charge in [-0.1, -0.05) is 18.6 Å². The van der Waals surface area contributed by atoms with E-state index >= 15 is 0 Å². The fourth-order valence-corrected chi connectivity index (χ4v) is 4.35. The van der Waals surface area contributed by atoms with Gasteiger partial charge in [0.2, 0.25) is 15.9 Å². The first kappa shape index (κ1) is 20.2. The number of ether oxygens (including phenoxy) is 2. The molecule has 1 heterocycles. The molecule has 150 valence electrons. The van der Waals surface area contributed by atoms with E-state index in [4.69, 9.17) is 9.47 Å². The first-order chi connectivity index (χ1) is 13.4. The molecule has 1 aliphatic rings. The second kappa shape index (κ2) is 8.62. The Morgan fingerprint density at radius 2 is 1.75 bits per heavy atom. The Morgan fingerprint density at radius 3 is 2.39 bits per heavy atom. The standard InChI is InChI=1S/C20H24N2O5S/c1-26-18-8-3-4-9-19(18)27-16-12-10-15(11-13-16)21-20(23)17-7-5-6-14-22(17)28(2,24)25/h3-4,8-13,17H,5-7,14H2,1-2H3,(H,21,23). The number of amides is 1. The van der Waals surface area contributed by atoms with Crippen LogP contribution in [0.15, 0.2) is 48.5 Å². The number of nitrogens with one attached hydrogen (secondary N) is 1. The highest BCUT2D eigenvalue weighted by molar-refractivity contribution is 7.88. The van der Waals surface area contributed by atoms with Gasteiger partial charge in [-0.15, -0.1) is 0 Å². The van der Waals surface area contributed by atoms with Gasteiger partial charge in [-0.2, -0.15) is 4.31 Å². The van der Waals surface area contributed by atoms with Crippen molar-refractivity contribution in [1.82, 2.24) is 4.31 Å². The van der Waals surface area contributed by atoms with E-state index in [1.807, 2.05) is 18.2 Å². The third kappa shape index (κ3) is 4.82. The van der Waals surface area contributed by atoms with Gasteiger partial charge in [0.25, 0.3) is 0 Å². The van der Waals surface area contributed by atoms with Crippen molar-refractivity contribution in [2.75, 3.05) is 25.2 Å². The predicted octanol–water partition coefficient (Wildman–Crippen LogP) is 3.24. The normalized spacial score (nSPS) is 17.7. The minimum Gasteiger partial charge on any atom is -0.493 e. The number of nitrogens with zero attached hydrogens (tertiary/aromatic N) is 1. The monoisotopic (exact) mass is 404 g/mol. The zero-order chi connectivity index (χ0) is 20.1. The number of hydrogen-bond acceptors (Lipinski definition) is 5. The molecule has 0 saturated carbocycles. The van der Waals surface area contributed by atoms with Gasteiger partial charge in [-0.3, -0.25) is 4.79 Å². The van der Waals surface area contributed by atoms with E-state index in [2.05, 4.69) is 5.32 Å². The number of piperidine rings is 1. The maximum Gasteiger partial charge on any atom is 0.242 e. The minimum atomic E-state index is -3.42. The number of benzene rings is 2. The lowest BCUT2D eigenvalue weighted by Crippen LogP contribution is -2.49. The molecule has 2 aromatic carbocycles. The van der Waals surface area contributed by atoms with Crippen LogP contribution in [-0.4, -0.2) is 44.6 Å². The van der Waals surface area contributed by atoms with Crippen molar-refractivity contribution in [2.24, 2.45) is 0 Å². The number of anilines is 1. The summed E-state index contributed by atoms with van der Waals surface area (Å²) in [5.74, 6) is 1.49. The molecule has 2 aromatic rings. The number of methoxy groups -OCH3 is 1. The van der Waals surface area contributed by atoms with Crippen LogP contribution in [0, 0.1) is 0 Å². The van der Waals surface area contributed by atoms with Crippen molar-refractivity contribution in [3.05, 3.63) is 48.5 Å².